The molecule has 2 rings (SSSR count). The first-order valence-electron chi connectivity index (χ1n) is 7.86. The first-order valence-corrected chi connectivity index (χ1v) is 7.86. The molecule has 1 aromatic rings. The molecule has 2 atom stereocenters. The molecule has 5 heteroatoms. The summed E-state index contributed by atoms with van der Waals surface area (Å²) in [6.45, 7) is 6.97. The van der Waals surface area contributed by atoms with E-state index < -0.39 is 0 Å². The van der Waals surface area contributed by atoms with Crippen LogP contribution in [0.3, 0.4) is 0 Å². The zero-order chi connectivity index (χ0) is 15.2. The third-order valence-corrected chi connectivity index (χ3v) is 3.72. The summed E-state index contributed by atoms with van der Waals surface area (Å²) in [7, 11) is 4.18. The van der Waals surface area contributed by atoms with Crippen LogP contribution < -0.4 is 10.6 Å². The van der Waals surface area contributed by atoms with Gasteiger partial charge in [-0.05, 0) is 44.5 Å². The van der Waals surface area contributed by atoms with Crippen LogP contribution in [0.1, 0.15) is 31.4 Å². The maximum atomic E-state index is 4.67. The van der Waals surface area contributed by atoms with Gasteiger partial charge < -0.3 is 15.5 Å². The summed E-state index contributed by atoms with van der Waals surface area (Å²) in [4.78, 5) is 6.85. The lowest BCUT2D eigenvalue weighted by Gasteiger charge is -2.11. The number of aliphatic imine (C=N–C) groups is 1. The van der Waals surface area contributed by atoms with Crippen molar-refractivity contribution in [2.45, 2.75) is 39.4 Å². The average molecular weight is 416 g/mol. The molecule has 0 radical (unpaired) electrons. The molecule has 0 spiro atoms. The van der Waals surface area contributed by atoms with Crippen molar-refractivity contribution in [3.63, 3.8) is 0 Å². The van der Waals surface area contributed by atoms with Gasteiger partial charge in [0.1, 0.15) is 0 Å². The first kappa shape index (κ1) is 19.2. The molecule has 4 nitrogen and oxygen atoms in total. The molecule has 0 saturated heterocycles. The van der Waals surface area contributed by atoms with Gasteiger partial charge in [-0.3, -0.25) is 0 Å². The second kappa shape index (κ2) is 9.35. The van der Waals surface area contributed by atoms with E-state index in [0.717, 1.165) is 31.5 Å². The zero-order valence-corrected chi connectivity index (χ0v) is 16.4. The summed E-state index contributed by atoms with van der Waals surface area (Å²) >= 11 is 0. The standard InChI is InChI=1S/C17H28N4.HI/c1-5-18-17(20-16-10-13(16)2)19-11-14-6-8-15(9-7-14)12-21(3)4;/h6-9,13,16H,5,10-12H2,1-4H3,(H2,18,19,20);1H. The van der Waals surface area contributed by atoms with Crippen LogP contribution in [0.5, 0.6) is 0 Å². The van der Waals surface area contributed by atoms with Crippen LogP contribution in [0.4, 0.5) is 0 Å². The number of hydrogen-bond acceptors (Lipinski definition) is 2. The molecule has 1 aliphatic rings. The Hall–Kier alpha value is -0.820. The maximum Gasteiger partial charge on any atom is 0.191 e. The van der Waals surface area contributed by atoms with Gasteiger partial charge in [-0.1, -0.05) is 31.2 Å². The highest BCUT2D eigenvalue weighted by Gasteiger charge is 2.33. The summed E-state index contributed by atoms with van der Waals surface area (Å²) in [6.07, 6.45) is 1.25. The van der Waals surface area contributed by atoms with Crippen LogP contribution in [0.25, 0.3) is 0 Å². The summed E-state index contributed by atoms with van der Waals surface area (Å²) in [6, 6.07) is 9.32. The van der Waals surface area contributed by atoms with Crippen molar-refractivity contribution in [2.24, 2.45) is 10.9 Å². The van der Waals surface area contributed by atoms with Crippen LogP contribution in [-0.2, 0) is 13.1 Å². The van der Waals surface area contributed by atoms with Gasteiger partial charge in [0.25, 0.3) is 0 Å². The molecule has 1 fully saturated rings. The second-order valence-electron chi connectivity index (χ2n) is 6.21. The Morgan fingerprint density at radius 1 is 1.23 bits per heavy atom. The second-order valence-corrected chi connectivity index (χ2v) is 6.21. The number of nitrogens with zero attached hydrogens (tertiary/aromatic N) is 2. The van der Waals surface area contributed by atoms with Crippen molar-refractivity contribution in [1.82, 2.24) is 15.5 Å². The first-order chi connectivity index (χ1) is 10.1. The lowest BCUT2D eigenvalue weighted by molar-refractivity contribution is 0.402. The fourth-order valence-electron chi connectivity index (χ4n) is 2.30. The molecule has 0 bridgehead atoms. The van der Waals surface area contributed by atoms with Crippen molar-refractivity contribution in [3.8, 4) is 0 Å². The minimum absolute atomic E-state index is 0. The van der Waals surface area contributed by atoms with E-state index in [1.165, 1.54) is 17.5 Å². The minimum atomic E-state index is 0. The largest absolute Gasteiger partial charge is 0.357 e. The SMILES string of the molecule is CCNC(=NCc1ccc(CN(C)C)cc1)NC1CC1C.I. The Morgan fingerprint density at radius 3 is 2.32 bits per heavy atom. The van der Waals surface area contributed by atoms with Crippen LogP contribution in [0.2, 0.25) is 0 Å². The minimum Gasteiger partial charge on any atom is -0.357 e. The van der Waals surface area contributed by atoms with E-state index in [-0.39, 0.29) is 24.0 Å². The Balaban J connectivity index is 0.00000242. The molecule has 1 aromatic carbocycles. The molecule has 22 heavy (non-hydrogen) atoms. The molecule has 1 saturated carbocycles. The Kier molecular flexibility index (Phi) is 8.17. The molecule has 0 heterocycles. The Morgan fingerprint density at radius 2 is 1.82 bits per heavy atom. The van der Waals surface area contributed by atoms with Crippen LogP contribution >= 0.6 is 24.0 Å². The van der Waals surface area contributed by atoms with Gasteiger partial charge in [-0.25, -0.2) is 4.99 Å². The van der Waals surface area contributed by atoms with Gasteiger partial charge in [0.2, 0.25) is 0 Å². The van der Waals surface area contributed by atoms with Crippen LogP contribution in [-0.4, -0.2) is 37.5 Å². The van der Waals surface area contributed by atoms with E-state index in [4.69, 9.17) is 0 Å². The van der Waals surface area contributed by atoms with E-state index in [0.29, 0.717) is 6.04 Å². The highest BCUT2D eigenvalue weighted by molar-refractivity contribution is 14.0. The smallest absolute Gasteiger partial charge is 0.191 e. The molecular formula is C17H29IN4. The van der Waals surface area contributed by atoms with E-state index in [1.807, 2.05) is 0 Å². The highest BCUT2D eigenvalue weighted by atomic mass is 127. The van der Waals surface area contributed by atoms with Crippen molar-refractivity contribution < 1.29 is 0 Å². The number of guanidine groups is 1. The van der Waals surface area contributed by atoms with E-state index >= 15 is 0 Å². The summed E-state index contributed by atoms with van der Waals surface area (Å²) in [5, 5.41) is 6.80. The third-order valence-electron chi connectivity index (χ3n) is 3.72. The van der Waals surface area contributed by atoms with Gasteiger partial charge in [0, 0.05) is 19.1 Å². The molecule has 2 N–H and O–H groups in total. The summed E-state index contributed by atoms with van der Waals surface area (Å²) in [5.41, 5.74) is 2.59. The van der Waals surface area contributed by atoms with Gasteiger partial charge >= 0.3 is 0 Å². The van der Waals surface area contributed by atoms with Gasteiger partial charge in [-0.2, -0.15) is 0 Å². The monoisotopic (exact) mass is 416 g/mol. The van der Waals surface area contributed by atoms with Crippen molar-refractivity contribution in [1.29, 1.82) is 0 Å². The quantitative estimate of drug-likeness (QED) is 0.426. The van der Waals surface area contributed by atoms with Crippen molar-refractivity contribution in [2.75, 3.05) is 20.6 Å². The lowest BCUT2D eigenvalue weighted by Crippen LogP contribution is -2.39. The molecule has 0 aromatic heterocycles. The predicted octanol–water partition coefficient (Wildman–Crippen LogP) is 2.83. The zero-order valence-electron chi connectivity index (χ0n) is 14.1. The molecule has 1 aliphatic carbocycles. The van der Waals surface area contributed by atoms with E-state index in [2.05, 4.69) is 72.7 Å². The highest BCUT2D eigenvalue weighted by Crippen LogP contribution is 2.28. The van der Waals surface area contributed by atoms with E-state index in [9.17, 15) is 0 Å². The van der Waals surface area contributed by atoms with Crippen LogP contribution in [0.15, 0.2) is 29.3 Å². The Bertz CT molecular complexity index is 470. The normalized spacial score (nSPS) is 20.5. The fraction of sp³-hybridized carbons (Fsp3) is 0.588. The number of halogens is 1. The van der Waals surface area contributed by atoms with Gasteiger partial charge in [-0.15, -0.1) is 24.0 Å². The topological polar surface area (TPSA) is 39.7 Å². The summed E-state index contributed by atoms with van der Waals surface area (Å²) < 4.78 is 0. The Labute approximate surface area is 151 Å². The third kappa shape index (κ3) is 6.52. The van der Waals surface area contributed by atoms with Crippen molar-refractivity contribution in [3.05, 3.63) is 35.4 Å². The number of rotatable bonds is 6. The lowest BCUT2D eigenvalue weighted by atomic mass is 10.1. The maximum absolute atomic E-state index is 4.67. The molecule has 0 aliphatic heterocycles. The summed E-state index contributed by atoms with van der Waals surface area (Å²) in [5.74, 6) is 1.71. The molecule has 2 unspecified atom stereocenters. The number of hydrogen-bond donors (Lipinski definition) is 2. The van der Waals surface area contributed by atoms with Crippen LogP contribution in [0, 0.1) is 5.92 Å². The molecular weight excluding hydrogens is 387 g/mol. The molecule has 0 amide bonds. The average Bonchev–Trinajstić information content (AvgIpc) is 3.13. The molecule has 124 valence electrons. The fourth-order valence-corrected chi connectivity index (χ4v) is 2.30. The van der Waals surface area contributed by atoms with Gasteiger partial charge in [0.15, 0.2) is 5.96 Å². The van der Waals surface area contributed by atoms with E-state index in [1.54, 1.807) is 0 Å². The van der Waals surface area contributed by atoms with Crippen molar-refractivity contribution >= 4 is 29.9 Å². The number of benzene rings is 1. The van der Waals surface area contributed by atoms with Gasteiger partial charge in [0.05, 0.1) is 6.54 Å². The predicted molar refractivity (Wildman–Crippen MR) is 105 cm³/mol. The number of nitrogens with one attached hydrogen (secondary N) is 2.